The van der Waals surface area contributed by atoms with Crippen LogP contribution in [0.25, 0.3) is 11.5 Å². The zero-order valence-electron chi connectivity index (χ0n) is 14.7. The Morgan fingerprint density at radius 1 is 1.00 bits per heavy atom. The molecule has 4 heterocycles. The summed E-state index contributed by atoms with van der Waals surface area (Å²) in [5, 5.41) is 2.79. The molecule has 0 aliphatic heterocycles. The number of carbonyl (C=O) groups excluding carboxylic acids is 1. The van der Waals surface area contributed by atoms with Crippen LogP contribution in [0, 0.1) is 13.8 Å². The van der Waals surface area contributed by atoms with Crippen molar-refractivity contribution in [2.24, 2.45) is 0 Å². The van der Waals surface area contributed by atoms with Crippen LogP contribution in [0.5, 0.6) is 0 Å². The Bertz CT molecular complexity index is 1210. The van der Waals surface area contributed by atoms with Crippen LogP contribution in [0.15, 0.2) is 59.7 Å². The highest BCUT2D eigenvalue weighted by Gasteiger charge is 2.24. The van der Waals surface area contributed by atoms with E-state index in [1.54, 1.807) is 37.4 Å². The molecule has 0 radical (unpaired) electrons. The van der Waals surface area contributed by atoms with Crippen molar-refractivity contribution in [3.05, 3.63) is 82.2 Å². The number of nitrogens with one attached hydrogen (secondary N) is 1. The number of nitrogens with zero attached hydrogens (tertiary/aromatic N) is 5. The van der Waals surface area contributed by atoms with Crippen molar-refractivity contribution in [1.82, 2.24) is 24.1 Å². The zero-order valence-corrected chi connectivity index (χ0v) is 14.7. The molecule has 0 fully saturated rings. The molecule has 4 aromatic heterocycles. The lowest BCUT2D eigenvalue weighted by Crippen LogP contribution is -2.24. The number of carbonyl (C=O) groups is 1. The van der Waals surface area contributed by atoms with Crippen LogP contribution in [0.3, 0.4) is 0 Å². The van der Waals surface area contributed by atoms with Gasteiger partial charge >= 0.3 is 0 Å². The van der Waals surface area contributed by atoms with Gasteiger partial charge in [-0.1, -0.05) is 12.1 Å². The van der Waals surface area contributed by atoms with Crippen molar-refractivity contribution in [1.29, 1.82) is 0 Å². The van der Waals surface area contributed by atoms with Gasteiger partial charge in [-0.3, -0.25) is 9.59 Å². The molecule has 4 aromatic rings. The minimum atomic E-state index is -0.402. The van der Waals surface area contributed by atoms with E-state index in [9.17, 15) is 9.59 Å². The highest BCUT2D eigenvalue weighted by Crippen LogP contribution is 2.20. The summed E-state index contributed by atoms with van der Waals surface area (Å²) in [5.74, 6) is 0.465. The second-order valence-electron chi connectivity index (χ2n) is 6.01. The molecule has 0 spiro atoms. The van der Waals surface area contributed by atoms with Crippen molar-refractivity contribution in [2.75, 3.05) is 5.32 Å². The summed E-state index contributed by atoms with van der Waals surface area (Å²) in [5.41, 5.74) is 1.72. The lowest BCUT2D eigenvalue weighted by molar-refractivity contribution is 0.101. The third kappa shape index (κ3) is 2.86. The quantitative estimate of drug-likeness (QED) is 0.604. The third-order valence-corrected chi connectivity index (χ3v) is 4.14. The molecule has 4 rings (SSSR count). The minimum absolute atomic E-state index is 0.271. The summed E-state index contributed by atoms with van der Waals surface area (Å²) in [7, 11) is 0. The van der Waals surface area contributed by atoms with E-state index in [0.29, 0.717) is 22.8 Å². The molecule has 0 saturated carbocycles. The Morgan fingerprint density at radius 2 is 1.85 bits per heavy atom. The van der Waals surface area contributed by atoms with Crippen LogP contribution in [-0.4, -0.2) is 30.1 Å². The normalized spacial score (nSPS) is 10.9. The molecule has 0 saturated heterocycles. The van der Waals surface area contributed by atoms with Crippen molar-refractivity contribution in [3.63, 3.8) is 0 Å². The van der Waals surface area contributed by atoms with E-state index in [2.05, 4.69) is 20.3 Å². The Kier molecular flexibility index (Phi) is 4.00. The molecule has 0 aliphatic rings. The van der Waals surface area contributed by atoms with E-state index in [1.807, 2.05) is 19.1 Å². The van der Waals surface area contributed by atoms with Gasteiger partial charge in [0.05, 0.1) is 0 Å². The van der Waals surface area contributed by atoms with Crippen LogP contribution >= 0.6 is 0 Å². The fourth-order valence-corrected chi connectivity index (χ4v) is 2.97. The SMILES string of the molecule is Cc1cccc(NC(=O)c2c(C)c3nccc(=O)n3n2-c2ccccn2)n1. The number of pyridine rings is 2. The first-order valence-corrected chi connectivity index (χ1v) is 8.32. The first-order chi connectivity index (χ1) is 13.1. The molecule has 8 nitrogen and oxygen atoms in total. The van der Waals surface area contributed by atoms with Gasteiger partial charge in [0.15, 0.2) is 11.5 Å². The van der Waals surface area contributed by atoms with Crippen LogP contribution < -0.4 is 10.9 Å². The van der Waals surface area contributed by atoms with Crippen molar-refractivity contribution >= 4 is 17.4 Å². The van der Waals surface area contributed by atoms with Crippen molar-refractivity contribution < 1.29 is 4.79 Å². The topological polar surface area (TPSA) is 94.2 Å². The van der Waals surface area contributed by atoms with Gasteiger partial charge in [0.25, 0.3) is 11.5 Å². The molecular formula is C19H16N6O2. The lowest BCUT2D eigenvalue weighted by Gasteiger charge is -2.10. The van der Waals surface area contributed by atoms with E-state index in [4.69, 9.17) is 0 Å². The fourth-order valence-electron chi connectivity index (χ4n) is 2.97. The van der Waals surface area contributed by atoms with Crippen molar-refractivity contribution in [3.8, 4) is 5.82 Å². The van der Waals surface area contributed by atoms with E-state index in [-0.39, 0.29) is 11.3 Å². The highest BCUT2D eigenvalue weighted by molar-refractivity contribution is 6.05. The average molecular weight is 360 g/mol. The summed E-state index contributed by atoms with van der Waals surface area (Å²) in [6, 6.07) is 12.0. The van der Waals surface area contributed by atoms with Crippen LogP contribution in [0.4, 0.5) is 5.82 Å². The number of hydrogen-bond acceptors (Lipinski definition) is 5. The van der Waals surface area contributed by atoms with Gasteiger partial charge in [-0.15, -0.1) is 0 Å². The second-order valence-corrected chi connectivity index (χ2v) is 6.01. The Labute approximate surface area is 154 Å². The summed E-state index contributed by atoms with van der Waals surface area (Å²) < 4.78 is 2.82. The highest BCUT2D eigenvalue weighted by atomic mass is 16.2. The molecule has 0 bridgehead atoms. The monoisotopic (exact) mass is 360 g/mol. The molecule has 0 aliphatic carbocycles. The molecule has 1 N–H and O–H groups in total. The van der Waals surface area contributed by atoms with Gasteiger partial charge < -0.3 is 5.32 Å². The average Bonchev–Trinajstić information content (AvgIpc) is 2.97. The maximum Gasteiger partial charge on any atom is 0.275 e. The predicted octanol–water partition coefficient (Wildman–Crippen LogP) is 2.14. The van der Waals surface area contributed by atoms with E-state index < -0.39 is 5.91 Å². The Balaban J connectivity index is 1.94. The summed E-state index contributed by atoms with van der Waals surface area (Å²) >= 11 is 0. The molecule has 134 valence electrons. The smallest absolute Gasteiger partial charge is 0.275 e. The minimum Gasteiger partial charge on any atom is -0.305 e. The molecular weight excluding hydrogens is 344 g/mol. The summed E-state index contributed by atoms with van der Waals surface area (Å²) in [4.78, 5) is 38.4. The Morgan fingerprint density at radius 3 is 2.59 bits per heavy atom. The van der Waals surface area contributed by atoms with Gasteiger partial charge in [-0.2, -0.15) is 4.52 Å². The summed E-state index contributed by atoms with van der Waals surface area (Å²) in [6.45, 7) is 3.59. The van der Waals surface area contributed by atoms with Gasteiger partial charge in [0, 0.05) is 29.7 Å². The maximum atomic E-state index is 13.1. The number of fused-ring (bicyclic) bond motifs is 1. The molecule has 1 amide bonds. The molecule has 0 atom stereocenters. The predicted molar refractivity (Wildman–Crippen MR) is 100 cm³/mol. The van der Waals surface area contributed by atoms with Gasteiger partial charge in [0.1, 0.15) is 11.5 Å². The van der Waals surface area contributed by atoms with Crippen LogP contribution in [-0.2, 0) is 0 Å². The first-order valence-electron chi connectivity index (χ1n) is 8.32. The molecule has 27 heavy (non-hydrogen) atoms. The maximum absolute atomic E-state index is 13.1. The van der Waals surface area contributed by atoms with E-state index in [0.717, 1.165) is 5.69 Å². The van der Waals surface area contributed by atoms with Gasteiger partial charge in [-0.05, 0) is 38.1 Å². The summed E-state index contributed by atoms with van der Waals surface area (Å²) in [6.07, 6.45) is 3.03. The van der Waals surface area contributed by atoms with Crippen LogP contribution in [0.2, 0.25) is 0 Å². The number of hydrogen-bond donors (Lipinski definition) is 1. The second kappa shape index (κ2) is 6.49. The largest absolute Gasteiger partial charge is 0.305 e. The fraction of sp³-hybridized carbons (Fsp3) is 0.105. The number of aromatic nitrogens is 5. The van der Waals surface area contributed by atoms with Gasteiger partial charge in [0.2, 0.25) is 0 Å². The van der Waals surface area contributed by atoms with Gasteiger partial charge in [-0.25, -0.2) is 19.6 Å². The van der Waals surface area contributed by atoms with E-state index >= 15 is 0 Å². The molecule has 0 unspecified atom stereocenters. The first kappa shape index (κ1) is 16.6. The third-order valence-electron chi connectivity index (χ3n) is 4.14. The number of aryl methyl sites for hydroxylation is 2. The zero-order chi connectivity index (χ0) is 19.0. The molecule has 8 heteroatoms. The number of amides is 1. The van der Waals surface area contributed by atoms with Crippen molar-refractivity contribution in [2.45, 2.75) is 13.8 Å². The number of rotatable bonds is 3. The molecule has 0 aromatic carbocycles. The van der Waals surface area contributed by atoms with Crippen LogP contribution in [0.1, 0.15) is 21.7 Å². The van der Waals surface area contributed by atoms with E-state index in [1.165, 1.54) is 21.5 Å². The number of anilines is 1. The Hall–Kier alpha value is -3.81. The lowest BCUT2D eigenvalue weighted by atomic mass is 10.2. The standard InChI is InChI=1S/C19H16N6O2/c1-12-6-5-7-14(22-12)23-19(27)17-13(2)18-21-11-9-16(26)25(18)24(17)15-8-3-4-10-20-15/h3-11H,1-2H3,(H,22,23,27).